The topological polar surface area (TPSA) is 73.7 Å². The highest BCUT2D eigenvalue weighted by Gasteiger charge is 2.16. The zero-order valence-electron chi connectivity index (χ0n) is 35.3. The molecule has 10 rings (SSSR count). The van der Waals surface area contributed by atoms with E-state index in [1.807, 2.05) is 103 Å². The fourth-order valence-electron chi connectivity index (χ4n) is 7.77. The van der Waals surface area contributed by atoms with E-state index in [9.17, 15) is 0 Å². The smallest absolute Gasteiger partial charge is 0.159 e. The van der Waals surface area contributed by atoms with Crippen molar-refractivity contribution in [2.45, 2.75) is 0 Å². The molecule has 6 aromatic carbocycles. The molecule has 0 radical (unpaired) electrons. The summed E-state index contributed by atoms with van der Waals surface area (Å²) >= 11 is 0. The third-order valence-electron chi connectivity index (χ3n) is 11.0. The van der Waals surface area contributed by atoms with Crippen molar-refractivity contribution in [3.8, 4) is 78.9 Å². The first-order valence-electron chi connectivity index (χ1n) is 21.4. The molecule has 10 aromatic rings. The number of aromatic nitrogens is 5. The maximum Gasteiger partial charge on any atom is 0.159 e. The summed E-state index contributed by atoms with van der Waals surface area (Å²) < 4.78 is 6.86. The third kappa shape index (κ3) is 9.63. The van der Waals surface area contributed by atoms with Gasteiger partial charge in [0, 0.05) is 58.8 Å². The predicted octanol–water partition coefficient (Wildman–Crippen LogP) is 14.8. The van der Waals surface area contributed by atoms with E-state index in [-0.39, 0.29) is 0 Å². The fourth-order valence-corrected chi connectivity index (χ4v) is 7.77. The van der Waals surface area contributed by atoms with Gasteiger partial charge in [-0.2, -0.15) is 0 Å². The van der Waals surface area contributed by atoms with Crippen molar-refractivity contribution in [3.63, 3.8) is 0 Å². The van der Waals surface area contributed by atoms with Crippen molar-refractivity contribution in [1.29, 1.82) is 0 Å². The molecule has 0 aliphatic rings. The Morgan fingerprint density at radius 1 is 0.292 bits per heavy atom. The van der Waals surface area contributed by atoms with Crippen LogP contribution in [0.1, 0.15) is 22.3 Å². The summed E-state index contributed by atoms with van der Waals surface area (Å²) in [5.41, 5.74) is 15.2. The van der Waals surface area contributed by atoms with Gasteiger partial charge in [-0.1, -0.05) is 133 Å². The Hall–Kier alpha value is -8.87. The lowest BCUT2D eigenvalue weighted by molar-refractivity contribution is 0.485. The second-order valence-electron chi connectivity index (χ2n) is 15.4. The highest BCUT2D eigenvalue weighted by atomic mass is 16.5. The molecule has 0 atom stereocenters. The van der Waals surface area contributed by atoms with Gasteiger partial charge in [0.05, 0.1) is 17.1 Å². The molecular formula is C59H41N5O. The van der Waals surface area contributed by atoms with Gasteiger partial charge in [0.1, 0.15) is 11.5 Å². The molecule has 0 saturated heterocycles. The molecule has 308 valence electrons. The first-order chi connectivity index (χ1) is 32.2. The maximum absolute atomic E-state index is 6.86. The van der Waals surface area contributed by atoms with Crippen LogP contribution in [-0.2, 0) is 0 Å². The summed E-state index contributed by atoms with van der Waals surface area (Å²) in [7, 11) is 0. The molecule has 4 heterocycles. The van der Waals surface area contributed by atoms with Crippen molar-refractivity contribution < 1.29 is 4.74 Å². The van der Waals surface area contributed by atoms with Crippen LogP contribution in [0.5, 0.6) is 11.5 Å². The van der Waals surface area contributed by atoms with Crippen molar-refractivity contribution in [2.75, 3.05) is 0 Å². The van der Waals surface area contributed by atoms with Gasteiger partial charge in [0.15, 0.2) is 5.82 Å². The number of hydrogen-bond donors (Lipinski definition) is 0. The zero-order valence-corrected chi connectivity index (χ0v) is 35.3. The standard InChI is InChI=1S/C59H41N5O/c1-2-14-53(54-31-30-49(59-63-35-10-36-64-59)41-58(54)65-51-12-9-11-48(40-51)57-17-5-8-34-62-57)52(13-1)50-38-44(20-18-42-22-26-46(27-23-42)55-15-3-6-32-60-55)37-45(39-50)21-19-43-24-28-47(29-25-43)56-16-4-7-33-61-56/h1-41H/b20-18-,21-19?. The second kappa shape index (κ2) is 19.0. The van der Waals surface area contributed by atoms with E-state index in [0.717, 1.165) is 83.8 Å². The lowest BCUT2D eigenvalue weighted by Gasteiger charge is -2.17. The molecule has 0 spiro atoms. The van der Waals surface area contributed by atoms with E-state index in [2.05, 4.69) is 152 Å². The summed E-state index contributed by atoms with van der Waals surface area (Å²) in [6, 6.07) is 66.1. The van der Waals surface area contributed by atoms with Gasteiger partial charge in [0.2, 0.25) is 0 Å². The summed E-state index contributed by atoms with van der Waals surface area (Å²) in [4.78, 5) is 22.7. The van der Waals surface area contributed by atoms with E-state index in [1.165, 1.54) is 0 Å². The molecule has 65 heavy (non-hydrogen) atoms. The molecule has 0 saturated carbocycles. The fraction of sp³-hybridized carbons (Fsp3) is 0. The van der Waals surface area contributed by atoms with Crippen LogP contribution in [-0.4, -0.2) is 24.9 Å². The average Bonchev–Trinajstić information content (AvgIpc) is 3.39. The SMILES string of the molecule is C(=Cc1cc(/C=C\c2ccc(-c3ccccn3)cc2)cc(-c2ccccc2-c2ccc(-c3ncccn3)cc2Oc2cccc(-c3ccccn3)c2)c1)c1ccc(-c2ccccn2)cc1. The Balaban J connectivity index is 1.04. The maximum atomic E-state index is 6.86. The monoisotopic (exact) mass is 835 g/mol. The van der Waals surface area contributed by atoms with Gasteiger partial charge in [-0.15, -0.1) is 0 Å². The van der Waals surface area contributed by atoms with Gasteiger partial charge in [0.25, 0.3) is 0 Å². The van der Waals surface area contributed by atoms with E-state index in [0.29, 0.717) is 17.3 Å². The van der Waals surface area contributed by atoms with E-state index >= 15 is 0 Å². The van der Waals surface area contributed by atoms with Crippen LogP contribution in [0.25, 0.3) is 91.7 Å². The molecule has 0 aliphatic carbocycles. The van der Waals surface area contributed by atoms with Gasteiger partial charge in [-0.25, -0.2) is 9.97 Å². The first-order valence-corrected chi connectivity index (χ1v) is 21.4. The third-order valence-corrected chi connectivity index (χ3v) is 11.0. The molecule has 6 heteroatoms. The number of pyridine rings is 3. The number of rotatable bonds is 12. The first kappa shape index (κ1) is 40.2. The lowest BCUT2D eigenvalue weighted by atomic mass is 9.91. The van der Waals surface area contributed by atoms with Gasteiger partial charge in [-0.05, 0) is 124 Å². The molecule has 0 bridgehead atoms. The normalized spacial score (nSPS) is 11.3. The molecule has 0 unspecified atom stereocenters. The highest BCUT2D eigenvalue weighted by molar-refractivity contribution is 5.90. The van der Waals surface area contributed by atoms with Crippen molar-refractivity contribution >= 4 is 24.3 Å². The molecule has 6 nitrogen and oxygen atoms in total. The van der Waals surface area contributed by atoms with E-state index < -0.39 is 0 Å². The molecule has 4 aromatic heterocycles. The Labute approximate surface area is 378 Å². The number of hydrogen-bond acceptors (Lipinski definition) is 6. The molecular weight excluding hydrogens is 795 g/mol. The minimum Gasteiger partial charge on any atom is -0.457 e. The Bertz CT molecular complexity index is 3130. The van der Waals surface area contributed by atoms with Crippen LogP contribution in [0, 0.1) is 0 Å². The van der Waals surface area contributed by atoms with Gasteiger partial charge in [-0.3, -0.25) is 15.0 Å². The molecule has 0 fully saturated rings. The van der Waals surface area contributed by atoms with Gasteiger partial charge < -0.3 is 4.74 Å². The number of nitrogens with zero attached hydrogens (tertiary/aromatic N) is 5. The van der Waals surface area contributed by atoms with Crippen molar-refractivity contribution in [1.82, 2.24) is 24.9 Å². The van der Waals surface area contributed by atoms with Crippen LogP contribution >= 0.6 is 0 Å². The molecule has 0 amide bonds. The Kier molecular flexibility index (Phi) is 11.8. The van der Waals surface area contributed by atoms with Crippen LogP contribution in [0.3, 0.4) is 0 Å². The van der Waals surface area contributed by atoms with E-state index in [4.69, 9.17) is 4.74 Å². The van der Waals surface area contributed by atoms with Crippen LogP contribution < -0.4 is 4.74 Å². The Morgan fingerprint density at radius 2 is 0.800 bits per heavy atom. The lowest BCUT2D eigenvalue weighted by Crippen LogP contribution is -1.94. The second-order valence-corrected chi connectivity index (χ2v) is 15.4. The quantitative estimate of drug-likeness (QED) is 0.114. The Morgan fingerprint density at radius 3 is 1.37 bits per heavy atom. The number of ether oxygens (including phenoxy) is 1. The van der Waals surface area contributed by atoms with Crippen molar-refractivity contribution in [3.05, 3.63) is 247 Å². The summed E-state index contributed by atoms with van der Waals surface area (Å²) in [6.45, 7) is 0. The van der Waals surface area contributed by atoms with Crippen molar-refractivity contribution in [2.24, 2.45) is 0 Å². The van der Waals surface area contributed by atoms with Crippen LogP contribution in [0.15, 0.2) is 225 Å². The zero-order chi connectivity index (χ0) is 43.6. The molecule has 0 N–H and O–H groups in total. The van der Waals surface area contributed by atoms with Gasteiger partial charge >= 0.3 is 0 Å². The molecule has 0 aliphatic heterocycles. The predicted molar refractivity (Wildman–Crippen MR) is 265 cm³/mol. The average molecular weight is 836 g/mol. The van der Waals surface area contributed by atoms with Crippen LogP contribution in [0.2, 0.25) is 0 Å². The summed E-state index contributed by atoms with van der Waals surface area (Å²) in [5, 5.41) is 0. The minimum absolute atomic E-state index is 0.619. The van der Waals surface area contributed by atoms with Crippen LogP contribution in [0.4, 0.5) is 0 Å². The summed E-state index contributed by atoms with van der Waals surface area (Å²) in [5.74, 6) is 1.99. The number of benzene rings is 6. The minimum atomic E-state index is 0.619. The highest BCUT2D eigenvalue weighted by Crippen LogP contribution is 2.42. The summed E-state index contributed by atoms with van der Waals surface area (Å²) in [6.07, 6.45) is 17.6. The largest absolute Gasteiger partial charge is 0.457 e. The van der Waals surface area contributed by atoms with E-state index in [1.54, 1.807) is 18.6 Å².